The molecule has 1 atom stereocenters. The van der Waals surface area contributed by atoms with Crippen molar-refractivity contribution in [3.05, 3.63) is 53.2 Å². The molecule has 1 saturated carbocycles. The lowest BCUT2D eigenvalue weighted by Crippen LogP contribution is -2.28. The molecule has 1 N–H and O–H groups in total. The number of halogens is 1. The second-order valence-electron chi connectivity index (χ2n) is 7.57. The molecule has 1 fully saturated rings. The van der Waals surface area contributed by atoms with Gasteiger partial charge in [0, 0.05) is 11.1 Å². The number of hydrogen-bond donors (Lipinski definition) is 1. The monoisotopic (exact) mass is 444 g/mol. The second kappa shape index (κ2) is 9.71. The van der Waals surface area contributed by atoms with E-state index in [-0.39, 0.29) is 17.7 Å². The number of amides is 1. The average Bonchev–Trinajstić information content (AvgIpc) is 3.43. The van der Waals surface area contributed by atoms with Crippen molar-refractivity contribution in [2.24, 2.45) is 0 Å². The number of carbonyl (C=O) groups excluding carboxylic acids is 1. The molecule has 3 aromatic rings. The van der Waals surface area contributed by atoms with Crippen LogP contribution in [-0.2, 0) is 4.79 Å². The van der Waals surface area contributed by atoms with Gasteiger partial charge in [0.2, 0.25) is 11.7 Å². The van der Waals surface area contributed by atoms with Crippen LogP contribution in [0.2, 0.25) is 5.02 Å². The fourth-order valence-corrected chi connectivity index (χ4v) is 4.81. The summed E-state index contributed by atoms with van der Waals surface area (Å²) in [6.07, 6.45) is 7.50. The van der Waals surface area contributed by atoms with Crippen LogP contribution >= 0.6 is 23.4 Å². The molecule has 2 aromatic heterocycles. The van der Waals surface area contributed by atoms with Gasteiger partial charge in [-0.2, -0.15) is 0 Å². The molecular formula is C22H25ClN4O2S. The number of benzene rings is 1. The number of aromatic nitrogens is 3. The van der Waals surface area contributed by atoms with Gasteiger partial charge in [0.05, 0.1) is 18.1 Å². The Hall–Kier alpha value is -2.25. The van der Waals surface area contributed by atoms with Gasteiger partial charge in [-0.15, -0.1) is 10.2 Å². The first-order valence-electron chi connectivity index (χ1n) is 10.3. The molecule has 0 spiro atoms. The van der Waals surface area contributed by atoms with Gasteiger partial charge in [0.25, 0.3) is 0 Å². The first-order valence-corrected chi connectivity index (χ1v) is 11.6. The largest absolute Gasteiger partial charge is 0.461 e. The number of nitrogens with one attached hydrogen (secondary N) is 1. The van der Waals surface area contributed by atoms with Gasteiger partial charge in [0.15, 0.2) is 10.9 Å². The third-order valence-electron chi connectivity index (χ3n) is 5.43. The van der Waals surface area contributed by atoms with Gasteiger partial charge in [-0.25, -0.2) is 0 Å². The molecule has 2 heterocycles. The predicted molar refractivity (Wildman–Crippen MR) is 119 cm³/mol. The van der Waals surface area contributed by atoms with E-state index in [4.69, 9.17) is 16.0 Å². The third-order valence-corrected chi connectivity index (χ3v) is 6.62. The predicted octanol–water partition coefficient (Wildman–Crippen LogP) is 5.67. The quantitative estimate of drug-likeness (QED) is 0.475. The van der Waals surface area contributed by atoms with Crippen LogP contribution in [0, 0.1) is 0 Å². The van der Waals surface area contributed by atoms with Gasteiger partial charge in [0.1, 0.15) is 0 Å². The first kappa shape index (κ1) is 21.0. The minimum absolute atomic E-state index is 0.0415. The summed E-state index contributed by atoms with van der Waals surface area (Å²) in [7, 11) is 0. The van der Waals surface area contributed by atoms with E-state index in [1.54, 1.807) is 6.26 Å². The normalized spacial score (nSPS) is 15.8. The van der Waals surface area contributed by atoms with E-state index in [0.717, 1.165) is 29.4 Å². The molecule has 0 aliphatic heterocycles. The van der Waals surface area contributed by atoms with Crippen LogP contribution < -0.4 is 5.32 Å². The van der Waals surface area contributed by atoms with Crippen molar-refractivity contribution in [2.75, 3.05) is 5.75 Å². The Labute approximate surface area is 185 Å². The molecule has 1 aliphatic rings. The summed E-state index contributed by atoms with van der Waals surface area (Å²) >= 11 is 7.37. The minimum Gasteiger partial charge on any atom is -0.461 e. The lowest BCUT2D eigenvalue weighted by Gasteiger charge is -2.25. The Morgan fingerprint density at radius 1 is 1.23 bits per heavy atom. The standard InChI is InChI=1S/C22H25ClN4O2S/c1-15(16-9-11-17(23)12-10-16)24-20(28)14-30-22-26-25-21(19-8-5-13-29-19)27(22)18-6-3-2-4-7-18/h5,8-13,15,18H,2-4,6-7,14H2,1H3,(H,24,28). The fraction of sp³-hybridized carbons (Fsp3) is 0.409. The molecule has 6 nitrogen and oxygen atoms in total. The highest BCUT2D eigenvalue weighted by molar-refractivity contribution is 7.99. The van der Waals surface area contributed by atoms with E-state index in [0.29, 0.717) is 16.8 Å². The molecule has 30 heavy (non-hydrogen) atoms. The van der Waals surface area contributed by atoms with Crippen LogP contribution in [0.3, 0.4) is 0 Å². The summed E-state index contributed by atoms with van der Waals surface area (Å²) in [5, 5.41) is 13.3. The van der Waals surface area contributed by atoms with E-state index >= 15 is 0 Å². The van der Waals surface area contributed by atoms with E-state index in [9.17, 15) is 4.79 Å². The van der Waals surface area contributed by atoms with Crippen molar-refractivity contribution in [1.82, 2.24) is 20.1 Å². The van der Waals surface area contributed by atoms with E-state index in [2.05, 4.69) is 20.1 Å². The SMILES string of the molecule is CC(NC(=O)CSc1nnc(-c2ccco2)n1C1CCCCC1)c1ccc(Cl)cc1. The average molecular weight is 445 g/mol. The molecule has 0 radical (unpaired) electrons. The maximum Gasteiger partial charge on any atom is 0.230 e. The van der Waals surface area contributed by atoms with Crippen molar-refractivity contribution < 1.29 is 9.21 Å². The molecule has 158 valence electrons. The number of rotatable bonds is 7. The van der Waals surface area contributed by atoms with Crippen LogP contribution in [0.1, 0.15) is 56.7 Å². The van der Waals surface area contributed by atoms with Crippen molar-refractivity contribution in [1.29, 1.82) is 0 Å². The van der Waals surface area contributed by atoms with E-state index in [1.807, 2.05) is 43.3 Å². The summed E-state index contributed by atoms with van der Waals surface area (Å²) < 4.78 is 7.74. The van der Waals surface area contributed by atoms with Crippen molar-refractivity contribution in [3.8, 4) is 11.6 Å². The maximum atomic E-state index is 12.6. The van der Waals surface area contributed by atoms with Gasteiger partial charge in [-0.1, -0.05) is 54.8 Å². The smallest absolute Gasteiger partial charge is 0.230 e. The Balaban J connectivity index is 1.45. The number of nitrogens with zero attached hydrogens (tertiary/aromatic N) is 3. The minimum atomic E-state index is -0.0924. The summed E-state index contributed by atoms with van der Waals surface area (Å²) in [6, 6.07) is 11.5. The molecule has 0 saturated heterocycles. The van der Waals surface area contributed by atoms with Crippen LogP contribution in [0.5, 0.6) is 0 Å². The first-order chi connectivity index (χ1) is 14.6. The fourth-order valence-electron chi connectivity index (χ4n) is 3.87. The lowest BCUT2D eigenvalue weighted by molar-refractivity contribution is -0.119. The molecule has 1 aromatic carbocycles. The Morgan fingerprint density at radius 2 is 2.00 bits per heavy atom. The summed E-state index contributed by atoms with van der Waals surface area (Å²) in [6.45, 7) is 1.96. The summed E-state index contributed by atoms with van der Waals surface area (Å²) in [5.74, 6) is 1.69. The van der Waals surface area contributed by atoms with Crippen LogP contribution in [0.15, 0.2) is 52.2 Å². The number of furan rings is 1. The van der Waals surface area contributed by atoms with E-state index < -0.39 is 0 Å². The third kappa shape index (κ3) is 4.90. The number of hydrogen-bond acceptors (Lipinski definition) is 5. The molecule has 8 heteroatoms. The zero-order valence-corrected chi connectivity index (χ0v) is 18.5. The van der Waals surface area contributed by atoms with Crippen LogP contribution in [-0.4, -0.2) is 26.4 Å². The molecule has 4 rings (SSSR count). The molecule has 1 amide bonds. The zero-order chi connectivity index (χ0) is 20.9. The van der Waals surface area contributed by atoms with Crippen molar-refractivity contribution >= 4 is 29.3 Å². The Bertz CT molecular complexity index is 966. The van der Waals surface area contributed by atoms with Gasteiger partial charge < -0.3 is 9.73 Å². The van der Waals surface area contributed by atoms with Gasteiger partial charge in [-0.3, -0.25) is 9.36 Å². The highest BCUT2D eigenvalue weighted by atomic mass is 35.5. The molecule has 1 aliphatic carbocycles. The maximum absolute atomic E-state index is 12.6. The lowest BCUT2D eigenvalue weighted by atomic mass is 9.95. The molecule has 1 unspecified atom stereocenters. The highest BCUT2D eigenvalue weighted by Crippen LogP contribution is 2.35. The van der Waals surface area contributed by atoms with Gasteiger partial charge in [-0.05, 0) is 49.6 Å². The van der Waals surface area contributed by atoms with Crippen molar-refractivity contribution in [2.45, 2.75) is 56.3 Å². The zero-order valence-electron chi connectivity index (χ0n) is 16.9. The van der Waals surface area contributed by atoms with Gasteiger partial charge >= 0.3 is 0 Å². The molecular weight excluding hydrogens is 420 g/mol. The number of carbonyl (C=O) groups is 1. The van der Waals surface area contributed by atoms with Crippen LogP contribution in [0.25, 0.3) is 11.6 Å². The topological polar surface area (TPSA) is 73.0 Å². The number of thioether (sulfide) groups is 1. The summed E-state index contributed by atoms with van der Waals surface area (Å²) in [4.78, 5) is 12.6. The Kier molecular flexibility index (Phi) is 6.79. The molecule has 0 bridgehead atoms. The van der Waals surface area contributed by atoms with E-state index in [1.165, 1.54) is 31.0 Å². The highest BCUT2D eigenvalue weighted by Gasteiger charge is 2.25. The van der Waals surface area contributed by atoms with Crippen molar-refractivity contribution in [3.63, 3.8) is 0 Å². The second-order valence-corrected chi connectivity index (χ2v) is 8.95. The Morgan fingerprint density at radius 3 is 2.70 bits per heavy atom. The summed E-state index contributed by atoms with van der Waals surface area (Å²) in [5.41, 5.74) is 1.02. The van der Waals surface area contributed by atoms with Crippen LogP contribution in [0.4, 0.5) is 0 Å².